The van der Waals surface area contributed by atoms with Crippen molar-refractivity contribution in [2.45, 2.75) is 19.1 Å². The van der Waals surface area contributed by atoms with Gasteiger partial charge in [0.25, 0.3) is 6.43 Å². The number of amides is 2. The van der Waals surface area contributed by atoms with E-state index in [1.807, 2.05) is 5.38 Å². The van der Waals surface area contributed by atoms with Crippen molar-refractivity contribution in [3.63, 3.8) is 0 Å². The van der Waals surface area contributed by atoms with Crippen molar-refractivity contribution in [2.75, 3.05) is 11.9 Å². The van der Waals surface area contributed by atoms with Crippen LogP contribution in [0.2, 0.25) is 0 Å². The van der Waals surface area contributed by atoms with Gasteiger partial charge in [0.1, 0.15) is 6.54 Å². The van der Waals surface area contributed by atoms with Crippen LogP contribution in [0.1, 0.15) is 11.7 Å². The highest BCUT2D eigenvalue weighted by molar-refractivity contribution is 7.07. The summed E-state index contributed by atoms with van der Waals surface area (Å²) in [5, 5.41) is 22.0. The number of carbonyl (C=O) groups excluding carboxylic acids is 1. The zero-order valence-corrected chi connectivity index (χ0v) is 11.7. The first-order valence-electron chi connectivity index (χ1n) is 6.10. The minimum Gasteiger partial charge on any atom is -0.387 e. The van der Waals surface area contributed by atoms with Crippen LogP contribution in [0.25, 0.3) is 0 Å². The van der Waals surface area contributed by atoms with Gasteiger partial charge < -0.3 is 15.7 Å². The number of anilines is 1. The van der Waals surface area contributed by atoms with E-state index in [1.165, 1.54) is 23.7 Å². The molecule has 0 aromatic carbocycles. The monoisotopic (exact) mass is 316 g/mol. The fraction of sp³-hybridized carbons (Fsp3) is 0.333. The number of carbonyl (C=O) groups is 1. The Kier molecular flexibility index (Phi) is 5.23. The second-order valence-corrected chi connectivity index (χ2v) is 5.03. The van der Waals surface area contributed by atoms with Gasteiger partial charge in [-0.2, -0.15) is 16.4 Å². The Labute approximate surface area is 123 Å². The third-order valence-electron chi connectivity index (χ3n) is 2.60. The maximum Gasteiger partial charge on any atom is 0.319 e. The molecule has 0 spiro atoms. The highest BCUT2D eigenvalue weighted by Crippen LogP contribution is 2.15. The molecule has 0 aliphatic heterocycles. The molecule has 3 N–H and O–H groups in total. The molecular weight excluding hydrogens is 302 g/mol. The molecule has 6 nitrogen and oxygen atoms in total. The molecule has 1 atom stereocenters. The lowest BCUT2D eigenvalue weighted by Gasteiger charge is -2.10. The maximum absolute atomic E-state index is 12.1. The van der Waals surface area contributed by atoms with Crippen molar-refractivity contribution in [2.24, 2.45) is 0 Å². The van der Waals surface area contributed by atoms with Gasteiger partial charge in [-0.25, -0.2) is 13.6 Å². The van der Waals surface area contributed by atoms with E-state index in [0.717, 1.165) is 10.2 Å². The van der Waals surface area contributed by atoms with Crippen molar-refractivity contribution in [1.82, 2.24) is 15.1 Å². The summed E-state index contributed by atoms with van der Waals surface area (Å²) in [7, 11) is 0. The van der Waals surface area contributed by atoms with Gasteiger partial charge in [-0.3, -0.25) is 4.68 Å². The number of thiophene rings is 1. The first kappa shape index (κ1) is 15.4. The van der Waals surface area contributed by atoms with E-state index >= 15 is 0 Å². The van der Waals surface area contributed by atoms with Crippen LogP contribution in [0.4, 0.5) is 19.3 Å². The normalized spacial score (nSPS) is 12.4. The smallest absolute Gasteiger partial charge is 0.319 e. The largest absolute Gasteiger partial charge is 0.387 e. The number of aliphatic hydroxyl groups is 1. The fourth-order valence-corrected chi connectivity index (χ4v) is 2.32. The number of aromatic nitrogens is 2. The van der Waals surface area contributed by atoms with E-state index < -0.39 is 25.1 Å². The molecule has 0 saturated carbocycles. The average Bonchev–Trinajstić information content (AvgIpc) is 3.07. The summed E-state index contributed by atoms with van der Waals surface area (Å²) in [6.45, 7) is -0.478. The van der Waals surface area contributed by atoms with E-state index in [-0.39, 0.29) is 6.54 Å². The Morgan fingerprint density at radius 2 is 2.33 bits per heavy atom. The maximum atomic E-state index is 12.1. The summed E-state index contributed by atoms with van der Waals surface area (Å²) in [6.07, 6.45) is -0.714. The van der Waals surface area contributed by atoms with Crippen molar-refractivity contribution >= 4 is 23.1 Å². The first-order valence-corrected chi connectivity index (χ1v) is 7.04. The summed E-state index contributed by atoms with van der Waals surface area (Å²) in [5.74, 6) is 0. The Morgan fingerprint density at radius 1 is 1.52 bits per heavy atom. The second kappa shape index (κ2) is 7.14. The molecule has 2 aromatic heterocycles. The molecule has 21 heavy (non-hydrogen) atoms. The third kappa shape index (κ3) is 4.80. The summed E-state index contributed by atoms with van der Waals surface area (Å²) in [6, 6.07) is 1.23. The predicted octanol–water partition coefficient (Wildman–Crippen LogP) is 2.06. The van der Waals surface area contributed by atoms with Gasteiger partial charge in [-0.05, 0) is 22.4 Å². The van der Waals surface area contributed by atoms with Gasteiger partial charge in [0.2, 0.25) is 0 Å². The molecule has 2 rings (SSSR count). The Morgan fingerprint density at radius 3 is 3.00 bits per heavy atom. The molecule has 0 saturated heterocycles. The van der Waals surface area contributed by atoms with Crippen LogP contribution in [-0.2, 0) is 6.54 Å². The van der Waals surface area contributed by atoms with Crippen LogP contribution in [-0.4, -0.2) is 33.9 Å². The zero-order valence-electron chi connectivity index (χ0n) is 10.9. The van der Waals surface area contributed by atoms with Gasteiger partial charge in [0.05, 0.1) is 18.0 Å². The molecule has 0 aliphatic carbocycles. The van der Waals surface area contributed by atoms with Crippen molar-refractivity contribution in [3.8, 4) is 0 Å². The Hall–Kier alpha value is -2.00. The summed E-state index contributed by atoms with van der Waals surface area (Å²) in [4.78, 5) is 11.6. The minimum absolute atomic E-state index is 0.0493. The molecule has 9 heteroatoms. The molecule has 0 radical (unpaired) electrons. The number of nitrogens with one attached hydrogen (secondary N) is 2. The van der Waals surface area contributed by atoms with E-state index in [2.05, 4.69) is 15.7 Å². The van der Waals surface area contributed by atoms with Crippen LogP contribution < -0.4 is 10.6 Å². The number of rotatable bonds is 6. The number of halogens is 2. The van der Waals surface area contributed by atoms with Crippen molar-refractivity contribution in [3.05, 3.63) is 34.8 Å². The minimum atomic E-state index is -2.51. The van der Waals surface area contributed by atoms with Crippen LogP contribution in [0.15, 0.2) is 29.2 Å². The zero-order chi connectivity index (χ0) is 15.2. The van der Waals surface area contributed by atoms with E-state index in [9.17, 15) is 18.7 Å². The molecule has 114 valence electrons. The molecular formula is C12H14F2N4O2S. The molecule has 0 fully saturated rings. The van der Waals surface area contributed by atoms with E-state index in [1.54, 1.807) is 11.4 Å². The molecule has 2 heterocycles. The average molecular weight is 316 g/mol. The standard InChI is InChI=1S/C12H14F2N4O2S/c13-11(14)6-18-5-9(3-16-18)17-12(20)15-4-10(19)8-1-2-21-7-8/h1-3,5,7,10-11,19H,4,6H2,(H2,15,17,20). The van der Waals surface area contributed by atoms with Gasteiger partial charge >= 0.3 is 6.03 Å². The van der Waals surface area contributed by atoms with Crippen LogP contribution in [0.3, 0.4) is 0 Å². The van der Waals surface area contributed by atoms with Crippen LogP contribution >= 0.6 is 11.3 Å². The molecule has 2 aromatic rings. The number of hydrogen-bond donors (Lipinski definition) is 3. The number of aliphatic hydroxyl groups excluding tert-OH is 1. The Bertz CT molecular complexity index is 574. The van der Waals surface area contributed by atoms with Gasteiger partial charge in [-0.15, -0.1) is 0 Å². The lowest BCUT2D eigenvalue weighted by Crippen LogP contribution is -2.32. The quantitative estimate of drug-likeness (QED) is 0.763. The molecule has 2 amide bonds. The number of alkyl halides is 2. The SMILES string of the molecule is O=C(NCC(O)c1ccsc1)Nc1cnn(CC(F)F)c1. The third-order valence-corrected chi connectivity index (χ3v) is 3.30. The first-order chi connectivity index (χ1) is 10.0. The van der Waals surface area contributed by atoms with Crippen LogP contribution in [0.5, 0.6) is 0 Å². The highest BCUT2D eigenvalue weighted by Gasteiger charge is 2.11. The summed E-state index contributed by atoms with van der Waals surface area (Å²) < 4.78 is 25.3. The molecule has 1 unspecified atom stereocenters. The summed E-state index contributed by atoms with van der Waals surface area (Å²) >= 11 is 1.45. The van der Waals surface area contributed by atoms with Crippen LogP contribution in [0, 0.1) is 0 Å². The lowest BCUT2D eigenvalue weighted by atomic mass is 10.2. The topological polar surface area (TPSA) is 79.2 Å². The van der Waals surface area contributed by atoms with Crippen molar-refractivity contribution < 1.29 is 18.7 Å². The Balaban J connectivity index is 1.78. The highest BCUT2D eigenvalue weighted by atomic mass is 32.1. The van der Waals surface area contributed by atoms with Gasteiger partial charge in [-0.1, -0.05) is 0 Å². The van der Waals surface area contributed by atoms with E-state index in [4.69, 9.17) is 0 Å². The van der Waals surface area contributed by atoms with Crippen molar-refractivity contribution in [1.29, 1.82) is 0 Å². The molecule has 0 aliphatic rings. The van der Waals surface area contributed by atoms with E-state index in [0.29, 0.717) is 5.69 Å². The molecule has 0 bridgehead atoms. The number of hydrogen-bond acceptors (Lipinski definition) is 4. The second-order valence-electron chi connectivity index (χ2n) is 4.25. The number of nitrogens with zero attached hydrogens (tertiary/aromatic N) is 2. The lowest BCUT2D eigenvalue weighted by molar-refractivity contribution is 0.122. The van der Waals surface area contributed by atoms with Gasteiger partial charge in [0.15, 0.2) is 0 Å². The summed E-state index contributed by atoms with van der Waals surface area (Å²) in [5.41, 5.74) is 1.03. The predicted molar refractivity (Wildman–Crippen MR) is 74.5 cm³/mol. The van der Waals surface area contributed by atoms with Gasteiger partial charge in [0, 0.05) is 12.7 Å². The fourth-order valence-electron chi connectivity index (χ4n) is 1.62. The number of urea groups is 1.